The Hall–Kier alpha value is -2.38. The van der Waals surface area contributed by atoms with Crippen molar-refractivity contribution < 1.29 is 14.4 Å². The van der Waals surface area contributed by atoms with E-state index in [2.05, 4.69) is 10.4 Å². The van der Waals surface area contributed by atoms with Gasteiger partial charge in [-0.25, -0.2) is 0 Å². The molecule has 8 heteroatoms. The van der Waals surface area contributed by atoms with Gasteiger partial charge in [0.15, 0.2) is 5.69 Å². The third-order valence-corrected chi connectivity index (χ3v) is 6.79. The monoisotopic (exact) mass is 401 g/mol. The van der Waals surface area contributed by atoms with E-state index in [0.717, 1.165) is 58.0 Å². The first-order chi connectivity index (χ1) is 13.9. The van der Waals surface area contributed by atoms with E-state index in [4.69, 9.17) is 0 Å². The number of nitrogens with zero attached hydrogens (tertiary/aromatic N) is 4. The highest BCUT2D eigenvalue weighted by Gasteiger charge is 2.47. The summed E-state index contributed by atoms with van der Waals surface area (Å²) in [6.07, 6.45) is 8.58. The Morgan fingerprint density at radius 3 is 2.45 bits per heavy atom. The van der Waals surface area contributed by atoms with Crippen LogP contribution in [0.4, 0.5) is 0 Å². The van der Waals surface area contributed by atoms with Gasteiger partial charge in [0.2, 0.25) is 5.91 Å². The van der Waals surface area contributed by atoms with Gasteiger partial charge in [-0.1, -0.05) is 19.3 Å². The van der Waals surface area contributed by atoms with Gasteiger partial charge in [0.1, 0.15) is 11.2 Å². The third kappa shape index (κ3) is 3.65. The van der Waals surface area contributed by atoms with Crippen molar-refractivity contribution in [2.24, 2.45) is 0 Å². The summed E-state index contributed by atoms with van der Waals surface area (Å²) in [7, 11) is 1.66. The molecule has 29 heavy (non-hydrogen) atoms. The standard InChI is InChI=1S/C21H31N5O3/c1-21(20(29)22-15-9-5-3-6-10-15)14-26-17(19(28)24(21)2)13-16(23-26)18(27)25-11-7-4-8-12-25/h13,15H,3-12,14H2,1-2H3,(H,22,29)/t21-/m1/s1. The molecule has 2 fully saturated rings. The Bertz CT molecular complexity index is 807. The SMILES string of the molecule is CN1C(=O)c2cc(C(=O)N3CCCCC3)nn2C[C@]1(C)C(=O)NC1CCCCC1. The summed E-state index contributed by atoms with van der Waals surface area (Å²) in [5.74, 6) is -0.552. The first kappa shape index (κ1) is 19.9. The van der Waals surface area contributed by atoms with Crippen LogP contribution in [0.3, 0.4) is 0 Å². The van der Waals surface area contributed by atoms with Crippen LogP contribution in [0, 0.1) is 0 Å². The topological polar surface area (TPSA) is 87.5 Å². The van der Waals surface area contributed by atoms with Crippen molar-refractivity contribution in [3.8, 4) is 0 Å². The normalized spacial score (nSPS) is 25.7. The lowest BCUT2D eigenvalue weighted by Gasteiger charge is -2.41. The summed E-state index contributed by atoms with van der Waals surface area (Å²) in [5, 5.41) is 7.58. The van der Waals surface area contributed by atoms with Crippen molar-refractivity contribution in [2.75, 3.05) is 20.1 Å². The maximum Gasteiger partial charge on any atom is 0.274 e. The Balaban J connectivity index is 1.54. The number of hydrogen-bond donors (Lipinski definition) is 1. The fourth-order valence-corrected chi connectivity index (χ4v) is 4.68. The summed E-state index contributed by atoms with van der Waals surface area (Å²) in [6, 6.07) is 1.75. The number of fused-ring (bicyclic) bond motifs is 1. The number of carbonyl (C=O) groups is 3. The molecule has 2 aliphatic heterocycles. The molecule has 1 aliphatic carbocycles. The van der Waals surface area contributed by atoms with Crippen LogP contribution in [0.25, 0.3) is 0 Å². The number of aromatic nitrogens is 2. The van der Waals surface area contributed by atoms with Crippen LogP contribution in [-0.4, -0.2) is 69.0 Å². The molecular weight excluding hydrogens is 370 g/mol. The van der Waals surface area contributed by atoms with Crippen molar-refractivity contribution in [3.05, 3.63) is 17.5 Å². The molecule has 1 atom stereocenters. The van der Waals surface area contributed by atoms with Crippen LogP contribution in [-0.2, 0) is 11.3 Å². The van der Waals surface area contributed by atoms with Gasteiger partial charge in [0.25, 0.3) is 11.8 Å². The number of likely N-dealkylation sites (tertiary alicyclic amines) is 1. The fourth-order valence-electron chi connectivity index (χ4n) is 4.68. The zero-order valence-electron chi connectivity index (χ0n) is 17.4. The maximum atomic E-state index is 13.1. The minimum absolute atomic E-state index is 0.129. The van der Waals surface area contributed by atoms with Crippen LogP contribution in [0.15, 0.2) is 6.07 Å². The van der Waals surface area contributed by atoms with Gasteiger partial charge in [0.05, 0.1) is 6.54 Å². The average molecular weight is 402 g/mol. The molecule has 0 spiro atoms. The first-order valence-corrected chi connectivity index (χ1v) is 10.9. The number of likely N-dealkylation sites (N-methyl/N-ethyl adjacent to an activating group) is 1. The van der Waals surface area contributed by atoms with Gasteiger partial charge in [-0.05, 0) is 39.0 Å². The predicted octanol–water partition coefficient (Wildman–Crippen LogP) is 1.80. The first-order valence-electron chi connectivity index (χ1n) is 10.9. The van der Waals surface area contributed by atoms with Gasteiger partial charge < -0.3 is 15.1 Å². The van der Waals surface area contributed by atoms with Crippen LogP contribution >= 0.6 is 0 Å². The second kappa shape index (κ2) is 7.80. The lowest BCUT2D eigenvalue weighted by molar-refractivity contribution is -0.133. The highest BCUT2D eigenvalue weighted by atomic mass is 16.2. The number of nitrogens with one attached hydrogen (secondary N) is 1. The van der Waals surface area contributed by atoms with Crippen molar-refractivity contribution in [1.82, 2.24) is 24.9 Å². The van der Waals surface area contributed by atoms with Crippen LogP contribution < -0.4 is 5.32 Å². The average Bonchev–Trinajstić information content (AvgIpc) is 3.16. The second-order valence-electron chi connectivity index (χ2n) is 8.87. The Morgan fingerprint density at radius 2 is 1.76 bits per heavy atom. The summed E-state index contributed by atoms with van der Waals surface area (Å²) in [6.45, 7) is 3.49. The molecule has 0 aromatic carbocycles. The van der Waals surface area contributed by atoms with E-state index in [1.807, 2.05) is 0 Å². The molecule has 0 radical (unpaired) electrons. The molecule has 1 aromatic rings. The van der Waals surface area contributed by atoms with Crippen molar-refractivity contribution >= 4 is 17.7 Å². The number of rotatable bonds is 3. The largest absolute Gasteiger partial charge is 0.351 e. The second-order valence-corrected chi connectivity index (χ2v) is 8.87. The molecule has 8 nitrogen and oxygen atoms in total. The van der Waals surface area contributed by atoms with Gasteiger partial charge in [-0.15, -0.1) is 0 Å². The minimum Gasteiger partial charge on any atom is -0.351 e. The lowest BCUT2D eigenvalue weighted by atomic mass is 9.92. The number of carbonyl (C=O) groups excluding carboxylic acids is 3. The van der Waals surface area contributed by atoms with Gasteiger partial charge in [0, 0.05) is 32.2 Å². The minimum atomic E-state index is -1.03. The zero-order valence-corrected chi connectivity index (χ0v) is 17.4. The Morgan fingerprint density at radius 1 is 1.10 bits per heavy atom. The summed E-state index contributed by atoms with van der Waals surface area (Å²) in [4.78, 5) is 42.2. The fraction of sp³-hybridized carbons (Fsp3) is 0.714. The highest BCUT2D eigenvalue weighted by molar-refractivity contribution is 6.01. The zero-order chi connectivity index (χ0) is 20.6. The van der Waals surface area contributed by atoms with Crippen LogP contribution in [0.1, 0.15) is 79.3 Å². The molecule has 1 saturated carbocycles. The van der Waals surface area contributed by atoms with E-state index in [9.17, 15) is 14.4 Å². The molecule has 0 unspecified atom stereocenters. The van der Waals surface area contributed by atoms with Crippen molar-refractivity contribution in [2.45, 2.75) is 76.4 Å². The molecule has 1 N–H and O–H groups in total. The molecule has 3 amide bonds. The van der Waals surface area contributed by atoms with Gasteiger partial charge in [-0.2, -0.15) is 5.10 Å². The molecule has 4 rings (SSSR count). The summed E-state index contributed by atoms with van der Waals surface area (Å²) >= 11 is 0. The molecule has 158 valence electrons. The highest BCUT2D eigenvalue weighted by Crippen LogP contribution is 2.27. The van der Waals surface area contributed by atoms with Crippen molar-refractivity contribution in [1.29, 1.82) is 0 Å². The molecule has 0 bridgehead atoms. The van der Waals surface area contributed by atoms with Gasteiger partial charge in [-0.3, -0.25) is 19.1 Å². The Labute approximate surface area is 171 Å². The molecule has 1 aromatic heterocycles. The van der Waals surface area contributed by atoms with E-state index < -0.39 is 5.54 Å². The maximum absolute atomic E-state index is 13.1. The van der Waals surface area contributed by atoms with Gasteiger partial charge >= 0.3 is 0 Å². The van der Waals surface area contributed by atoms with Crippen LogP contribution in [0.2, 0.25) is 0 Å². The number of amides is 3. The molecule has 3 aliphatic rings. The predicted molar refractivity (Wildman–Crippen MR) is 107 cm³/mol. The lowest BCUT2D eigenvalue weighted by Crippen LogP contribution is -2.63. The van der Waals surface area contributed by atoms with E-state index in [1.54, 1.807) is 29.6 Å². The third-order valence-electron chi connectivity index (χ3n) is 6.79. The summed E-state index contributed by atoms with van der Waals surface area (Å²) in [5.41, 5.74) is -0.365. The van der Waals surface area contributed by atoms with E-state index in [0.29, 0.717) is 11.4 Å². The number of piperidine rings is 1. The smallest absolute Gasteiger partial charge is 0.274 e. The molecule has 1 saturated heterocycles. The quantitative estimate of drug-likeness (QED) is 0.837. The Kier molecular flexibility index (Phi) is 5.36. The van der Waals surface area contributed by atoms with Crippen LogP contribution in [0.5, 0.6) is 0 Å². The van der Waals surface area contributed by atoms with E-state index in [-0.39, 0.29) is 30.3 Å². The molecular formula is C21H31N5O3. The van der Waals surface area contributed by atoms with E-state index >= 15 is 0 Å². The van der Waals surface area contributed by atoms with E-state index in [1.165, 1.54) is 11.3 Å². The number of hydrogen-bond acceptors (Lipinski definition) is 4. The van der Waals surface area contributed by atoms with Crippen molar-refractivity contribution in [3.63, 3.8) is 0 Å². The summed E-state index contributed by atoms with van der Waals surface area (Å²) < 4.78 is 1.54. The molecule has 3 heterocycles.